The fourth-order valence-electron chi connectivity index (χ4n) is 2.94. The maximum absolute atomic E-state index is 11.2. The second-order valence-corrected chi connectivity index (χ2v) is 6.60. The molecule has 1 aliphatic heterocycles. The van der Waals surface area contributed by atoms with E-state index in [0.29, 0.717) is 27.8 Å². The van der Waals surface area contributed by atoms with Crippen LogP contribution in [0.25, 0.3) is 11.8 Å². The number of pyridine rings is 1. The van der Waals surface area contributed by atoms with E-state index in [4.69, 9.17) is 18.0 Å². The number of aldehydes is 1. The molecule has 2 aromatic rings. The molecule has 0 atom stereocenters. The summed E-state index contributed by atoms with van der Waals surface area (Å²) in [6.45, 7) is 1.78. The molecule has 1 aromatic carbocycles. The molecule has 3 rings (SSSR count). The van der Waals surface area contributed by atoms with Gasteiger partial charge in [-0.25, -0.2) is 0 Å². The number of aromatic nitrogens is 1. The second kappa shape index (κ2) is 6.70. The number of benzene rings is 1. The summed E-state index contributed by atoms with van der Waals surface area (Å²) >= 11 is 5.42. The molecule has 6 nitrogen and oxygen atoms in total. The number of aromatic hydroxyl groups is 2. The van der Waals surface area contributed by atoms with E-state index in [0.717, 1.165) is 30.8 Å². The Morgan fingerprint density at radius 2 is 1.96 bits per heavy atom. The lowest BCUT2D eigenvalue weighted by Gasteiger charge is -2.25. The number of carbonyl (C=O) groups excluding carboxylic acids is 1. The van der Waals surface area contributed by atoms with Gasteiger partial charge in [0.25, 0.3) is 0 Å². The summed E-state index contributed by atoms with van der Waals surface area (Å²) in [5.41, 5.74) is 10.2. The van der Waals surface area contributed by atoms with E-state index in [9.17, 15) is 15.0 Å². The monoisotopic (exact) mass is 357 g/mol. The van der Waals surface area contributed by atoms with E-state index in [-0.39, 0.29) is 17.1 Å². The van der Waals surface area contributed by atoms with Crippen molar-refractivity contribution < 1.29 is 15.0 Å². The SMILES string of the molecule is CN1CCc2[nH]c(=S)c(/C(N)=C/c3cc(O)c(O)cc3C=O)cc2C1. The number of nitrogens with two attached hydrogens (primary N) is 1. The smallest absolute Gasteiger partial charge is 0.158 e. The van der Waals surface area contributed by atoms with Crippen molar-refractivity contribution in [3.8, 4) is 11.5 Å². The minimum atomic E-state index is -0.355. The van der Waals surface area contributed by atoms with Crippen molar-refractivity contribution in [2.75, 3.05) is 13.6 Å². The van der Waals surface area contributed by atoms with Gasteiger partial charge in [-0.05, 0) is 42.4 Å². The van der Waals surface area contributed by atoms with Crippen LogP contribution in [-0.2, 0) is 13.0 Å². The zero-order valence-electron chi connectivity index (χ0n) is 13.7. The highest BCUT2D eigenvalue weighted by atomic mass is 32.1. The zero-order chi connectivity index (χ0) is 18.1. The third-order valence-electron chi connectivity index (χ3n) is 4.33. The number of H-pyrrole nitrogens is 1. The molecule has 0 aliphatic carbocycles. The summed E-state index contributed by atoms with van der Waals surface area (Å²) in [5.74, 6) is -0.672. The summed E-state index contributed by atoms with van der Waals surface area (Å²) in [6, 6.07) is 4.46. The molecule has 0 saturated heterocycles. The number of hydrogen-bond donors (Lipinski definition) is 4. The number of carbonyl (C=O) groups is 1. The lowest BCUT2D eigenvalue weighted by atomic mass is 10.0. The maximum Gasteiger partial charge on any atom is 0.158 e. The van der Waals surface area contributed by atoms with Crippen LogP contribution in [0.3, 0.4) is 0 Å². The van der Waals surface area contributed by atoms with E-state index < -0.39 is 0 Å². The summed E-state index contributed by atoms with van der Waals surface area (Å²) < 4.78 is 0.535. The van der Waals surface area contributed by atoms with Gasteiger partial charge < -0.3 is 25.8 Å². The number of aromatic amines is 1. The molecule has 0 saturated carbocycles. The van der Waals surface area contributed by atoms with Gasteiger partial charge in [0.1, 0.15) is 4.64 Å². The van der Waals surface area contributed by atoms with Crippen LogP contribution in [-0.4, -0.2) is 40.0 Å². The van der Waals surface area contributed by atoms with Crippen molar-refractivity contribution >= 4 is 30.3 Å². The van der Waals surface area contributed by atoms with Gasteiger partial charge in [0.05, 0.1) is 0 Å². The van der Waals surface area contributed by atoms with Crippen molar-refractivity contribution in [1.82, 2.24) is 9.88 Å². The van der Waals surface area contributed by atoms with Crippen molar-refractivity contribution in [3.63, 3.8) is 0 Å². The fourth-order valence-corrected chi connectivity index (χ4v) is 3.24. The standard InChI is InChI=1S/C18H19N3O3S/c1-21-3-2-15-11(8-21)4-13(18(25)20-15)14(19)5-10-6-16(23)17(24)7-12(10)9-22/h4-7,9,23-24H,2-3,8,19H2,1H3,(H,20,25)/b14-5-. The molecule has 0 amide bonds. The molecule has 7 heteroatoms. The highest BCUT2D eigenvalue weighted by Gasteiger charge is 2.16. The van der Waals surface area contributed by atoms with Crippen LogP contribution < -0.4 is 5.73 Å². The average molecular weight is 357 g/mol. The Kier molecular flexibility index (Phi) is 4.61. The van der Waals surface area contributed by atoms with Crippen LogP contribution >= 0.6 is 12.2 Å². The van der Waals surface area contributed by atoms with Crippen molar-refractivity contribution in [2.45, 2.75) is 13.0 Å². The number of fused-ring (bicyclic) bond motifs is 1. The van der Waals surface area contributed by atoms with Gasteiger partial charge in [-0.15, -0.1) is 0 Å². The molecule has 1 aliphatic rings. The molecule has 0 fully saturated rings. The van der Waals surface area contributed by atoms with E-state index in [1.54, 1.807) is 6.08 Å². The lowest BCUT2D eigenvalue weighted by molar-refractivity contribution is 0.112. The third kappa shape index (κ3) is 3.42. The highest BCUT2D eigenvalue weighted by Crippen LogP contribution is 2.30. The average Bonchev–Trinajstić information content (AvgIpc) is 2.57. The van der Waals surface area contributed by atoms with Gasteiger partial charge in [0.15, 0.2) is 17.8 Å². The van der Waals surface area contributed by atoms with Crippen LogP contribution in [0.2, 0.25) is 0 Å². The number of nitrogens with one attached hydrogen (secondary N) is 1. The number of phenols is 2. The molecule has 0 bridgehead atoms. The predicted octanol–water partition coefficient (Wildman–Crippen LogP) is 2.41. The number of likely N-dealkylation sites (N-methyl/N-ethyl adjacent to an activating group) is 1. The minimum absolute atomic E-state index is 0.228. The summed E-state index contributed by atoms with van der Waals surface area (Å²) in [5, 5.41) is 19.2. The van der Waals surface area contributed by atoms with Gasteiger partial charge in [0, 0.05) is 42.0 Å². The van der Waals surface area contributed by atoms with Gasteiger partial charge in [-0.2, -0.15) is 0 Å². The quantitative estimate of drug-likeness (QED) is 0.382. The Bertz CT molecular complexity index is 934. The Morgan fingerprint density at radius 3 is 2.64 bits per heavy atom. The Morgan fingerprint density at radius 1 is 1.28 bits per heavy atom. The van der Waals surface area contributed by atoms with Gasteiger partial charge in [-0.3, -0.25) is 4.79 Å². The zero-order valence-corrected chi connectivity index (χ0v) is 14.6. The van der Waals surface area contributed by atoms with Crippen LogP contribution in [0.5, 0.6) is 11.5 Å². The predicted molar refractivity (Wildman–Crippen MR) is 98.9 cm³/mol. The molecule has 0 unspecified atom stereocenters. The van der Waals surface area contributed by atoms with Crippen molar-refractivity contribution in [2.24, 2.45) is 5.73 Å². The summed E-state index contributed by atoms with van der Waals surface area (Å²) in [7, 11) is 2.05. The normalized spacial score (nSPS) is 15.0. The van der Waals surface area contributed by atoms with Gasteiger partial charge in [-0.1, -0.05) is 12.2 Å². The number of nitrogens with zero attached hydrogens (tertiary/aromatic N) is 1. The molecule has 130 valence electrons. The molecule has 1 aromatic heterocycles. The minimum Gasteiger partial charge on any atom is -0.504 e. The fraction of sp³-hybridized carbons (Fsp3) is 0.222. The lowest BCUT2D eigenvalue weighted by Crippen LogP contribution is -2.27. The molecular weight excluding hydrogens is 338 g/mol. The van der Waals surface area contributed by atoms with Crippen LogP contribution in [0.15, 0.2) is 18.2 Å². The first kappa shape index (κ1) is 17.2. The number of phenolic OH excluding ortho intramolecular Hbond substituents is 2. The van der Waals surface area contributed by atoms with Crippen molar-refractivity contribution in [1.29, 1.82) is 0 Å². The van der Waals surface area contributed by atoms with E-state index >= 15 is 0 Å². The Hall–Kier alpha value is -2.64. The largest absolute Gasteiger partial charge is 0.504 e. The summed E-state index contributed by atoms with van der Waals surface area (Å²) in [4.78, 5) is 16.7. The first-order valence-electron chi connectivity index (χ1n) is 7.81. The Balaban J connectivity index is 2.07. The molecule has 5 N–H and O–H groups in total. The molecule has 25 heavy (non-hydrogen) atoms. The molecule has 2 heterocycles. The highest BCUT2D eigenvalue weighted by molar-refractivity contribution is 7.71. The maximum atomic E-state index is 11.2. The number of hydrogen-bond acceptors (Lipinski definition) is 6. The first-order chi connectivity index (χ1) is 11.9. The number of rotatable bonds is 3. The topological polar surface area (TPSA) is 103 Å². The van der Waals surface area contributed by atoms with Crippen LogP contribution in [0.4, 0.5) is 0 Å². The van der Waals surface area contributed by atoms with Crippen LogP contribution in [0, 0.1) is 4.64 Å². The molecule has 0 spiro atoms. The Labute approximate surface area is 150 Å². The van der Waals surface area contributed by atoms with Gasteiger partial charge in [0.2, 0.25) is 0 Å². The van der Waals surface area contributed by atoms with E-state index in [1.165, 1.54) is 12.1 Å². The van der Waals surface area contributed by atoms with E-state index in [1.807, 2.05) is 6.07 Å². The van der Waals surface area contributed by atoms with Gasteiger partial charge >= 0.3 is 0 Å². The summed E-state index contributed by atoms with van der Waals surface area (Å²) in [6.07, 6.45) is 3.07. The van der Waals surface area contributed by atoms with Crippen molar-refractivity contribution in [3.05, 3.63) is 50.8 Å². The first-order valence-corrected chi connectivity index (χ1v) is 8.22. The van der Waals surface area contributed by atoms with Crippen LogP contribution in [0.1, 0.15) is 32.7 Å². The third-order valence-corrected chi connectivity index (χ3v) is 4.65. The second-order valence-electron chi connectivity index (χ2n) is 6.19. The van der Waals surface area contributed by atoms with E-state index in [2.05, 4.69) is 16.9 Å². The molecule has 0 radical (unpaired) electrons. The molecular formula is C18H19N3O3S.